The van der Waals surface area contributed by atoms with Gasteiger partial charge >= 0.3 is 12.1 Å². The Bertz CT molecular complexity index is 304. The van der Waals surface area contributed by atoms with Crippen molar-refractivity contribution in [1.29, 1.82) is 0 Å². The lowest BCUT2D eigenvalue weighted by molar-refractivity contribution is -0.145. The Kier molecular flexibility index (Phi) is 4.95. The summed E-state index contributed by atoms with van der Waals surface area (Å²) < 4.78 is 10.4. The monoisotopic (exact) mass is 259 g/mol. The van der Waals surface area contributed by atoms with Gasteiger partial charge in [0, 0.05) is 6.61 Å². The smallest absolute Gasteiger partial charge is 0.408 e. The van der Waals surface area contributed by atoms with Crippen molar-refractivity contribution in [2.24, 2.45) is 0 Å². The Morgan fingerprint density at radius 1 is 1.39 bits per heavy atom. The van der Waals surface area contributed by atoms with E-state index >= 15 is 0 Å². The number of aliphatic carboxylic acids is 1. The summed E-state index contributed by atoms with van der Waals surface area (Å²) in [4.78, 5) is 22.7. The number of carbonyl (C=O) groups is 2. The highest BCUT2D eigenvalue weighted by Crippen LogP contribution is 2.17. The van der Waals surface area contributed by atoms with Gasteiger partial charge in [-0.05, 0) is 40.0 Å². The zero-order valence-corrected chi connectivity index (χ0v) is 11.1. The van der Waals surface area contributed by atoms with E-state index in [1.54, 1.807) is 20.8 Å². The maximum atomic E-state index is 11.6. The molecule has 0 bridgehead atoms. The summed E-state index contributed by atoms with van der Waals surface area (Å²) >= 11 is 0. The maximum Gasteiger partial charge on any atom is 0.408 e. The molecule has 1 fully saturated rings. The number of carbonyl (C=O) groups excluding carboxylic acids is 1. The largest absolute Gasteiger partial charge is 0.480 e. The van der Waals surface area contributed by atoms with Crippen molar-refractivity contribution in [2.45, 2.75) is 57.8 Å². The first-order chi connectivity index (χ1) is 8.29. The lowest BCUT2D eigenvalue weighted by atomic mass is 10.0. The van der Waals surface area contributed by atoms with Crippen LogP contribution in [0.25, 0.3) is 0 Å². The minimum Gasteiger partial charge on any atom is -0.480 e. The summed E-state index contributed by atoms with van der Waals surface area (Å²) in [5, 5.41) is 11.5. The van der Waals surface area contributed by atoms with Gasteiger partial charge in [0.1, 0.15) is 5.60 Å². The topological polar surface area (TPSA) is 84.9 Å². The van der Waals surface area contributed by atoms with Gasteiger partial charge in [-0.25, -0.2) is 9.59 Å². The van der Waals surface area contributed by atoms with E-state index in [-0.39, 0.29) is 0 Å². The highest BCUT2D eigenvalue weighted by Gasteiger charge is 2.33. The van der Waals surface area contributed by atoms with Gasteiger partial charge in [-0.1, -0.05) is 0 Å². The first-order valence-electron chi connectivity index (χ1n) is 6.13. The molecule has 2 N–H and O–H groups in total. The van der Waals surface area contributed by atoms with Crippen molar-refractivity contribution in [1.82, 2.24) is 5.32 Å². The van der Waals surface area contributed by atoms with Crippen LogP contribution in [-0.4, -0.2) is 41.5 Å². The van der Waals surface area contributed by atoms with E-state index in [0.29, 0.717) is 13.0 Å². The summed E-state index contributed by atoms with van der Waals surface area (Å²) in [6, 6.07) is -1.06. The molecule has 0 radical (unpaired) electrons. The van der Waals surface area contributed by atoms with Crippen molar-refractivity contribution >= 4 is 12.1 Å². The number of hydrogen-bond donors (Lipinski definition) is 2. The third-order valence-corrected chi connectivity index (χ3v) is 2.52. The van der Waals surface area contributed by atoms with Gasteiger partial charge in [0.15, 0.2) is 6.04 Å². The number of carboxylic acids is 1. The van der Waals surface area contributed by atoms with Crippen molar-refractivity contribution in [3.63, 3.8) is 0 Å². The second-order valence-electron chi connectivity index (χ2n) is 5.37. The number of carboxylic acid groups (broad SMARTS) is 1. The minimum absolute atomic E-state index is 0.483. The average molecular weight is 259 g/mol. The first kappa shape index (κ1) is 14.8. The van der Waals surface area contributed by atoms with Crippen LogP contribution < -0.4 is 5.32 Å². The van der Waals surface area contributed by atoms with Gasteiger partial charge in [-0.15, -0.1) is 0 Å². The molecule has 1 amide bonds. The highest BCUT2D eigenvalue weighted by molar-refractivity contribution is 5.80. The van der Waals surface area contributed by atoms with Crippen LogP contribution in [0.4, 0.5) is 4.79 Å². The standard InChI is InChI=1S/C12H21NO5/c1-12(2,3)18-11(16)13-9(10(14)15)8-6-4-5-7-17-8/h8-9H,4-7H2,1-3H3,(H,13,16)(H,14,15). The molecular weight excluding hydrogens is 238 g/mol. The van der Waals surface area contributed by atoms with Gasteiger partial charge in [0.2, 0.25) is 0 Å². The van der Waals surface area contributed by atoms with E-state index in [1.807, 2.05) is 0 Å². The molecule has 0 aromatic rings. The Morgan fingerprint density at radius 2 is 2.06 bits per heavy atom. The fourth-order valence-corrected chi connectivity index (χ4v) is 1.78. The van der Waals surface area contributed by atoms with Crippen molar-refractivity contribution in [3.05, 3.63) is 0 Å². The first-order valence-corrected chi connectivity index (χ1v) is 6.13. The summed E-state index contributed by atoms with van der Waals surface area (Å²) in [6.45, 7) is 5.70. The molecule has 0 aliphatic carbocycles. The van der Waals surface area contributed by atoms with Crippen LogP contribution in [0.5, 0.6) is 0 Å². The van der Waals surface area contributed by atoms with Gasteiger partial charge in [0.05, 0.1) is 6.10 Å². The maximum absolute atomic E-state index is 11.6. The van der Waals surface area contributed by atoms with E-state index < -0.39 is 29.8 Å². The predicted molar refractivity (Wildman–Crippen MR) is 64.4 cm³/mol. The lowest BCUT2D eigenvalue weighted by Crippen LogP contribution is -2.51. The molecule has 18 heavy (non-hydrogen) atoms. The normalized spacial score (nSPS) is 22.1. The Labute approximate surface area is 107 Å². The number of rotatable bonds is 3. The van der Waals surface area contributed by atoms with Crippen molar-refractivity contribution in [3.8, 4) is 0 Å². The molecule has 1 heterocycles. The Hall–Kier alpha value is -1.30. The minimum atomic E-state index is -1.10. The molecule has 0 aromatic carbocycles. The number of alkyl carbamates (subject to hydrolysis) is 1. The summed E-state index contributed by atoms with van der Waals surface area (Å²) in [7, 11) is 0. The molecule has 0 spiro atoms. The molecule has 0 aromatic heterocycles. The average Bonchev–Trinajstić information content (AvgIpc) is 2.24. The van der Waals surface area contributed by atoms with E-state index in [0.717, 1.165) is 12.8 Å². The molecule has 1 aliphatic rings. The zero-order valence-electron chi connectivity index (χ0n) is 11.1. The fraction of sp³-hybridized carbons (Fsp3) is 0.833. The van der Waals surface area contributed by atoms with Crippen LogP contribution >= 0.6 is 0 Å². The predicted octanol–water partition coefficient (Wildman–Crippen LogP) is 1.53. The van der Waals surface area contributed by atoms with Crippen molar-refractivity contribution in [2.75, 3.05) is 6.61 Å². The third kappa shape index (κ3) is 4.91. The Balaban J connectivity index is 2.57. The van der Waals surface area contributed by atoms with E-state index in [9.17, 15) is 9.59 Å². The quantitative estimate of drug-likeness (QED) is 0.803. The van der Waals surface area contributed by atoms with Crippen molar-refractivity contribution < 1.29 is 24.2 Å². The van der Waals surface area contributed by atoms with Crippen LogP contribution in [0.1, 0.15) is 40.0 Å². The Morgan fingerprint density at radius 3 is 2.50 bits per heavy atom. The molecule has 6 nitrogen and oxygen atoms in total. The second kappa shape index (κ2) is 6.04. The molecule has 104 valence electrons. The van der Waals surface area contributed by atoms with Crippen LogP contribution in [0, 0.1) is 0 Å². The third-order valence-electron chi connectivity index (χ3n) is 2.52. The SMILES string of the molecule is CC(C)(C)OC(=O)NC(C(=O)O)C1CCCCO1. The highest BCUT2D eigenvalue weighted by atomic mass is 16.6. The summed E-state index contributed by atoms with van der Waals surface area (Å²) in [5.74, 6) is -1.10. The van der Waals surface area contributed by atoms with Crippen LogP contribution in [0.2, 0.25) is 0 Å². The number of hydrogen-bond acceptors (Lipinski definition) is 4. The van der Waals surface area contributed by atoms with E-state index in [4.69, 9.17) is 14.6 Å². The molecule has 1 rings (SSSR count). The molecule has 0 saturated carbocycles. The summed E-state index contributed by atoms with van der Waals surface area (Å²) in [5.41, 5.74) is -0.652. The van der Waals surface area contributed by atoms with E-state index in [1.165, 1.54) is 0 Å². The molecular formula is C12H21NO5. The summed E-state index contributed by atoms with van der Waals surface area (Å²) in [6.07, 6.45) is 1.25. The molecule has 6 heteroatoms. The fourth-order valence-electron chi connectivity index (χ4n) is 1.78. The number of amides is 1. The van der Waals surface area contributed by atoms with Gasteiger partial charge in [-0.2, -0.15) is 0 Å². The van der Waals surface area contributed by atoms with Gasteiger partial charge < -0.3 is 19.9 Å². The second-order valence-corrected chi connectivity index (χ2v) is 5.37. The van der Waals surface area contributed by atoms with Gasteiger partial charge in [0.25, 0.3) is 0 Å². The number of nitrogens with one attached hydrogen (secondary N) is 1. The van der Waals surface area contributed by atoms with Crippen LogP contribution in [0.15, 0.2) is 0 Å². The van der Waals surface area contributed by atoms with Gasteiger partial charge in [-0.3, -0.25) is 0 Å². The number of ether oxygens (including phenoxy) is 2. The van der Waals surface area contributed by atoms with Crippen LogP contribution in [-0.2, 0) is 14.3 Å². The van der Waals surface area contributed by atoms with E-state index in [2.05, 4.69) is 5.32 Å². The van der Waals surface area contributed by atoms with Crippen LogP contribution in [0.3, 0.4) is 0 Å². The molecule has 2 unspecified atom stereocenters. The molecule has 2 atom stereocenters. The molecule has 1 saturated heterocycles. The molecule has 1 aliphatic heterocycles. The lowest BCUT2D eigenvalue weighted by Gasteiger charge is -2.29. The zero-order chi connectivity index (χ0) is 13.8.